The average Bonchev–Trinajstić information content (AvgIpc) is 2.62. The van der Waals surface area contributed by atoms with E-state index in [1.54, 1.807) is 0 Å². The predicted octanol–water partition coefficient (Wildman–Crippen LogP) is 3.24. The van der Waals surface area contributed by atoms with Gasteiger partial charge in [-0.2, -0.15) is 11.8 Å². The van der Waals surface area contributed by atoms with Crippen LogP contribution in [0.3, 0.4) is 0 Å². The van der Waals surface area contributed by atoms with Crippen molar-refractivity contribution in [3.8, 4) is 0 Å². The summed E-state index contributed by atoms with van der Waals surface area (Å²) in [6.07, 6.45) is 9.40. The van der Waals surface area contributed by atoms with Crippen LogP contribution in [-0.4, -0.2) is 40.5 Å². The number of nitrogens with two attached hydrogens (primary N) is 1. The van der Waals surface area contributed by atoms with Crippen LogP contribution in [0.1, 0.15) is 58.8 Å². The summed E-state index contributed by atoms with van der Waals surface area (Å²) in [6, 6.07) is 0.627. The number of thioether (sulfide) groups is 1. The number of hydrogen-bond acceptors (Lipinski definition) is 4. The molecule has 2 N–H and O–H groups in total. The van der Waals surface area contributed by atoms with Gasteiger partial charge in [-0.25, -0.2) is 0 Å². The van der Waals surface area contributed by atoms with Gasteiger partial charge < -0.3 is 10.6 Å². The summed E-state index contributed by atoms with van der Waals surface area (Å²) in [6.45, 7) is 5.78. The number of hydrogen-bond donors (Lipinski definition) is 1. The molecule has 1 saturated heterocycles. The van der Waals surface area contributed by atoms with Crippen molar-refractivity contribution in [2.45, 2.75) is 70.4 Å². The molecule has 0 aromatic rings. The second-order valence-electron chi connectivity index (χ2n) is 7.41. The first kappa shape index (κ1) is 14.6. The Morgan fingerprint density at radius 1 is 1.20 bits per heavy atom. The van der Waals surface area contributed by atoms with E-state index in [1.807, 2.05) is 0 Å². The lowest BCUT2D eigenvalue weighted by Crippen LogP contribution is -2.66. The minimum Gasteiger partial charge on any atom is -0.370 e. The fourth-order valence-electron chi connectivity index (χ4n) is 4.29. The molecule has 0 aromatic carbocycles. The summed E-state index contributed by atoms with van der Waals surface area (Å²) in [5.74, 6) is 3.31. The maximum atomic E-state index is 6.35. The topological polar surface area (TPSA) is 41.6 Å². The van der Waals surface area contributed by atoms with Gasteiger partial charge in [0.05, 0.1) is 12.1 Å². The normalized spacial score (nSPS) is 35.1. The molecular weight excluding hydrogens is 266 g/mol. The Bertz CT molecular complexity index is 385. The lowest BCUT2D eigenvalue weighted by atomic mass is 9.69. The molecule has 3 aliphatic rings. The molecule has 20 heavy (non-hydrogen) atoms. The largest absolute Gasteiger partial charge is 0.370 e. The molecule has 4 heteroatoms. The van der Waals surface area contributed by atoms with E-state index < -0.39 is 0 Å². The Hall–Kier alpha value is -0.380. The van der Waals surface area contributed by atoms with Gasteiger partial charge >= 0.3 is 0 Å². The first-order chi connectivity index (χ1) is 9.57. The van der Waals surface area contributed by atoms with Gasteiger partial charge in [0, 0.05) is 11.8 Å². The van der Waals surface area contributed by atoms with Crippen molar-refractivity contribution in [3.63, 3.8) is 0 Å². The Balaban J connectivity index is 1.90. The molecule has 1 aliphatic carbocycles. The molecule has 2 heterocycles. The van der Waals surface area contributed by atoms with Crippen molar-refractivity contribution in [1.29, 1.82) is 0 Å². The van der Waals surface area contributed by atoms with E-state index in [4.69, 9.17) is 10.7 Å². The van der Waals surface area contributed by atoms with Gasteiger partial charge in [0.1, 0.15) is 0 Å². The van der Waals surface area contributed by atoms with Crippen molar-refractivity contribution >= 4 is 17.7 Å². The number of nitrogens with zero attached hydrogens (tertiary/aromatic N) is 2. The zero-order valence-electron chi connectivity index (χ0n) is 13.0. The molecule has 1 atom stereocenters. The standard InChI is InChI=1S/C16H29N3S/c1-15(2)9-10-20-12-16(15)11-18-14(17)19(16)13-7-5-3-4-6-8-13/h13H,3-12H2,1-2H3,(H2,17,18). The van der Waals surface area contributed by atoms with Crippen LogP contribution in [0.15, 0.2) is 4.99 Å². The van der Waals surface area contributed by atoms with E-state index in [0.29, 0.717) is 11.5 Å². The summed E-state index contributed by atoms with van der Waals surface area (Å²) >= 11 is 2.10. The lowest BCUT2D eigenvalue weighted by Gasteiger charge is -2.55. The molecule has 1 spiro atoms. The van der Waals surface area contributed by atoms with Gasteiger partial charge in [-0.15, -0.1) is 0 Å². The summed E-state index contributed by atoms with van der Waals surface area (Å²) in [4.78, 5) is 7.28. The van der Waals surface area contributed by atoms with E-state index in [2.05, 4.69) is 30.5 Å². The zero-order chi connectivity index (χ0) is 14.2. The maximum Gasteiger partial charge on any atom is 0.192 e. The summed E-state index contributed by atoms with van der Waals surface area (Å²) in [5, 5.41) is 0. The van der Waals surface area contributed by atoms with Crippen LogP contribution in [0.5, 0.6) is 0 Å². The van der Waals surface area contributed by atoms with Crippen LogP contribution >= 0.6 is 11.8 Å². The minimum atomic E-state index is 0.176. The highest BCUT2D eigenvalue weighted by atomic mass is 32.2. The molecule has 2 aliphatic heterocycles. The molecule has 0 radical (unpaired) electrons. The molecular formula is C16H29N3S. The summed E-state index contributed by atoms with van der Waals surface area (Å²) in [7, 11) is 0. The molecule has 0 amide bonds. The highest BCUT2D eigenvalue weighted by Crippen LogP contribution is 2.49. The quantitative estimate of drug-likeness (QED) is 0.755. The van der Waals surface area contributed by atoms with Crippen molar-refractivity contribution < 1.29 is 0 Å². The summed E-state index contributed by atoms with van der Waals surface area (Å²) in [5.41, 5.74) is 6.84. The summed E-state index contributed by atoms with van der Waals surface area (Å²) < 4.78 is 0. The molecule has 1 unspecified atom stereocenters. The first-order valence-electron chi connectivity index (χ1n) is 8.24. The lowest BCUT2D eigenvalue weighted by molar-refractivity contribution is 0.0343. The molecule has 3 nitrogen and oxygen atoms in total. The molecule has 114 valence electrons. The van der Waals surface area contributed by atoms with Gasteiger partial charge in [-0.05, 0) is 30.4 Å². The first-order valence-corrected chi connectivity index (χ1v) is 9.39. The Kier molecular flexibility index (Phi) is 3.95. The van der Waals surface area contributed by atoms with Gasteiger partial charge in [-0.3, -0.25) is 4.99 Å². The SMILES string of the molecule is CC1(C)CCSCC12CN=C(N)N2C1CCCCCC1. The van der Waals surface area contributed by atoms with Crippen LogP contribution in [0.4, 0.5) is 0 Å². The Morgan fingerprint density at radius 3 is 2.55 bits per heavy atom. The molecule has 3 rings (SSSR count). The fourth-order valence-corrected chi connectivity index (χ4v) is 6.05. The van der Waals surface area contributed by atoms with Gasteiger partial charge in [0.15, 0.2) is 5.96 Å². The Morgan fingerprint density at radius 2 is 1.90 bits per heavy atom. The minimum absolute atomic E-state index is 0.176. The van der Waals surface area contributed by atoms with Crippen LogP contribution in [0.25, 0.3) is 0 Å². The smallest absolute Gasteiger partial charge is 0.192 e. The van der Waals surface area contributed by atoms with Crippen molar-refractivity contribution in [1.82, 2.24) is 4.90 Å². The second kappa shape index (κ2) is 5.43. The average molecular weight is 295 g/mol. The Labute approximate surface area is 127 Å². The van der Waals surface area contributed by atoms with E-state index in [-0.39, 0.29) is 5.54 Å². The van der Waals surface area contributed by atoms with Crippen LogP contribution in [0, 0.1) is 5.41 Å². The molecule has 0 bridgehead atoms. The molecule has 0 aromatic heterocycles. The van der Waals surface area contributed by atoms with Gasteiger partial charge in [0.2, 0.25) is 0 Å². The molecule has 1 saturated carbocycles. The third-order valence-electron chi connectivity index (χ3n) is 5.87. The van der Waals surface area contributed by atoms with Crippen LogP contribution in [0.2, 0.25) is 0 Å². The van der Waals surface area contributed by atoms with E-state index in [9.17, 15) is 0 Å². The second-order valence-corrected chi connectivity index (χ2v) is 8.51. The third-order valence-corrected chi connectivity index (χ3v) is 7.05. The van der Waals surface area contributed by atoms with E-state index in [0.717, 1.165) is 12.5 Å². The number of rotatable bonds is 1. The van der Waals surface area contributed by atoms with Crippen molar-refractivity contribution in [3.05, 3.63) is 0 Å². The third kappa shape index (κ3) is 2.24. The van der Waals surface area contributed by atoms with Crippen molar-refractivity contribution in [2.75, 3.05) is 18.1 Å². The van der Waals surface area contributed by atoms with Crippen LogP contribution < -0.4 is 5.73 Å². The predicted molar refractivity (Wildman–Crippen MR) is 88.3 cm³/mol. The highest BCUT2D eigenvalue weighted by molar-refractivity contribution is 7.99. The number of guanidine groups is 1. The van der Waals surface area contributed by atoms with Crippen LogP contribution in [-0.2, 0) is 0 Å². The fraction of sp³-hybridized carbons (Fsp3) is 0.938. The van der Waals surface area contributed by atoms with Crippen molar-refractivity contribution in [2.24, 2.45) is 16.1 Å². The molecule has 2 fully saturated rings. The van der Waals surface area contributed by atoms with E-state index in [1.165, 1.54) is 56.5 Å². The van der Waals surface area contributed by atoms with Gasteiger partial charge in [0.25, 0.3) is 0 Å². The highest BCUT2D eigenvalue weighted by Gasteiger charge is 2.55. The monoisotopic (exact) mass is 295 g/mol. The number of aliphatic imine (C=N–C) groups is 1. The zero-order valence-corrected chi connectivity index (χ0v) is 13.8. The maximum absolute atomic E-state index is 6.35. The van der Waals surface area contributed by atoms with Gasteiger partial charge in [-0.1, -0.05) is 39.5 Å². The van der Waals surface area contributed by atoms with E-state index >= 15 is 0 Å².